The Morgan fingerprint density at radius 3 is 2.93 bits per heavy atom. The third kappa shape index (κ3) is 2.48. The lowest BCUT2D eigenvalue weighted by atomic mass is 10.1. The van der Waals surface area contributed by atoms with E-state index < -0.39 is 0 Å². The predicted octanol–water partition coefficient (Wildman–Crippen LogP) is 3.89. The molecule has 82 valence electrons. The van der Waals surface area contributed by atoms with Gasteiger partial charge >= 0.3 is 0 Å². The molecule has 1 aliphatic heterocycles. The average Bonchev–Trinajstić information content (AvgIpc) is 2.58. The molecule has 0 saturated carbocycles. The van der Waals surface area contributed by atoms with Gasteiger partial charge in [0.1, 0.15) is 5.82 Å². The second-order valence-electron chi connectivity index (χ2n) is 3.71. The first-order valence-electron chi connectivity index (χ1n) is 5.00. The fourth-order valence-corrected chi connectivity index (χ4v) is 3.40. The van der Waals surface area contributed by atoms with Crippen LogP contribution in [0.2, 0.25) is 0 Å². The van der Waals surface area contributed by atoms with Crippen LogP contribution in [-0.4, -0.2) is 17.0 Å². The zero-order chi connectivity index (χ0) is 10.8. The van der Waals surface area contributed by atoms with Crippen LogP contribution in [0.3, 0.4) is 0 Å². The second-order valence-corrected chi connectivity index (χ2v) is 6.05. The largest absolute Gasteiger partial charge is 0.378 e. The molecular formula is C11H13BrFNS. The van der Waals surface area contributed by atoms with Crippen LogP contribution >= 0.6 is 27.7 Å². The Bertz CT molecular complexity index is 338. The first-order valence-corrected chi connectivity index (χ1v) is 6.85. The van der Waals surface area contributed by atoms with Gasteiger partial charge in [-0.1, -0.05) is 13.0 Å². The summed E-state index contributed by atoms with van der Waals surface area (Å²) in [7, 11) is 0. The van der Waals surface area contributed by atoms with Crippen LogP contribution in [-0.2, 0) is 0 Å². The van der Waals surface area contributed by atoms with Gasteiger partial charge in [0.15, 0.2) is 0 Å². The minimum atomic E-state index is -0.187. The maximum absolute atomic E-state index is 13.5. The molecule has 1 nitrogen and oxygen atoms in total. The summed E-state index contributed by atoms with van der Waals surface area (Å²) in [6.45, 7) is 2.18. The predicted molar refractivity (Wildman–Crippen MR) is 68.0 cm³/mol. The normalized spacial score (nSPS) is 25.5. The molecule has 2 atom stereocenters. The summed E-state index contributed by atoms with van der Waals surface area (Å²) in [5.74, 6) is 0.971. The van der Waals surface area contributed by atoms with E-state index in [1.54, 1.807) is 6.07 Å². The number of para-hydroxylation sites is 1. The fraction of sp³-hybridized carbons (Fsp3) is 0.455. The average molecular weight is 290 g/mol. The van der Waals surface area contributed by atoms with Gasteiger partial charge in [0.05, 0.1) is 5.69 Å². The molecule has 0 spiro atoms. The molecule has 0 aromatic heterocycles. The molecule has 4 heteroatoms. The Hall–Kier alpha value is -0.220. The second kappa shape index (κ2) is 4.74. The molecular weight excluding hydrogens is 277 g/mol. The van der Waals surface area contributed by atoms with Crippen LogP contribution in [0.15, 0.2) is 22.7 Å². The molecule has 15 heavy (non-hydrogen) atoms. The van der Waals surface area contributed by atoms with Crippen LogP contribution in [0.25, 0.3) is 0 Å². The quantitative estimate of drug-likeness (QED) is 0.886. The van der Waals surface area contributed by atoms with Crippen molar-refractivity contribution in [1.29, 1.82) is 0 Å². The molecule has 0 bridgehead atoms. The van der Waals surface area contributed by atoms with E-state index in [0.717, 1.165) is 16.6 Å². The van der Waals surface area contributed by atoms with Gasteiger partial charge in [-0.15, -0.1) is 0 Å². The molecule has 1 aromatic carbocycles. The molecule has 0 radical (unpaired) electrons. The van der Waals surface area contributed by atoms with Crippen molar-refractivity contribution in [2.24, 2.45) is 0 Å². The maximum Gasteiger partial charge on any atom is 0.147 e. The minimum absolute atomic E-state index is 0.187. The third-order valence-electron chi connectivity index (χ3n) is 2.67. The lowest BCUT2D eigenvalue weighted by molar-refractivity contribution is 0.621. The van der Waals surface area contributed by atoms with Gasteiger partial charge in [0.2, 0.25) is 0 Å². The summed E-state index contributed by atoms with van der Waals surface area (Å²) >= 11 is 5.30. The monoisotopic (exact) mass is 289 g/mol. The van der Waals surface area contributed by atoms with Crippen molar-refractivity contribution in [2.45, 2.75) is 24.6 Å². The number of hydrogen-bond donors (Lipinski definition) is 1. The summed E-state index contributed by atoms with van der Waals surface area (Å²) in [5, 5.41) is 3.84. The Morgan fingerprint density at radius 1 is 1.53 bits per heavy atom. The van der Waals surface area contributed by atoms with E-state index in [2.05, 4.69) is 28.2 Å². The molecule has 1 fully saturated rings. The van der Waals surface area contributed by atoms with Crippen LogP contribution in [0, 0.1) is 5.82 Å². The number of halogens is 2. The zero-order valence-electron chi connectivity index (χ0n) is 8.47. The van der Waals surface area contributed by atoms with Crippen molar-refractivity contribution >= 4 is 33.4 Å². The Balaban J connectivity index is 2.16. The number of thioether (sulfide) groups is 1. The Labute approximate surface area is 102 Å². The summed E-state index contributed by atoms with van der Waals surface area (Å²) in [5.41, 5.74) is 0.594. The standard InChI is InChI=1S/C11H13BrFNS/c1-7-10(5-6-15-7)14-11-8(12)3-2-4-9(11)13/h2-4,7,10,14H,5-6H2,1H3. The van der Waals surface area contributed by atoms with Crippen LogP contribution in [0.1, 0.15) is 13.3 Å². The first-order chi connectivity index (χ1) is 7.18. The van der Waals surface area contributed by atoms with E-state index in [4.69, 9.17) is 0 Å². The molecule has 2 unspecified atom stereocenters. The lowest BCUT2D eigenvalue weighted by Gasteiger charge is -2.19. The summed E-state index contributed by atoms with van der Waals surface area (Å²) in [6, 6.07) is 5.43. The van der Waals surface area contributed by atoms with Crippen molar-refractivity contribution in [1.82, 2.24) is 0 Å². The highest BCUT2D eigenvalue weighted by molar-refractivity contribution is 9.10. The molecule has 0 amide bonds. The number of anilines is 1. The number of benzene rings is 1. The van der Waals surface area contributed by atoms with Crippen molar-refractivity contribution < 1.29 is 4.39 Å². The van der Waals surface area contributed by atoms with Gasteiger partial charge in [-0.2, -0.15) is 11.8 Å². The summed E-state index contributed by atoms with van der Waals surface area (Å²) in [4.78, 5) is 0. The van der Waals surface area contributed by atoms with E-state index in [1.165, 1.54) is 6.07 Å². The smallest absolute Gasteiger partial charge is 0.147 e. The van der Waals surface area contributed by atoms with Gasteiger partial charge < -0.3 is 5.32 Å². The SMILES string of the molecule is CC1SCCC1Nc1c(F)cccc1Br. The molecule has 1 saturated heterocycles. The van der Waals surface area contributed by atoms with E-state index in [0.29, 0.717) is 17.0 Å². The highest BCUT2D eigenvalue weighted by atomic mass is 79.9. The van der Waals surface area contributed by atoms with E-state index in [9.17, 15) is 4.39 Å². The highest BCUT2D eigenvalue weighted by Gasteiger charge is 2.25. The highest BCUT2D eigenvalue weighted by Crippen LogP contribution is 2.32. The van der Waals surface area contributed by atoms with E-state index in [-0.39, 0.29) is 5.82 Å². The summed E-state index contributed by atoms with van der Waals surface area (Å²) in [6.07, 6.45) is 1.10. The van der Waals surface area contributed by atoms with Crippen molar-refractivity contribution in [3.05, 3.63) is 28.5 Å². The van der Waals surface area contributed by atoms with Gasteiger partial charge in [-0.05, 0) is 40.2 Å². The van der Waals surface area contributed by atoms with Crippen LogP contribution in [0.4, 0.5) is 10.1 Å². The zero-order valence-corrected chi connectivity index (χ0v) is 10.9. The topological polar surface area (TPSA) is 12.0 Å². The molecule has 1 N–H and O–H groups in total. The van der Waals surface area contributed by atoms with Crippen molar-refractivity contribution in [3.63, 3.8) is 0 Å². The molecule has 2 rings (SSSR count). The van der Waals surface area contributed by atoms with Crippen molar-refractivity contribution in [3.8, 4) is 0 Å². The fourth-order valence-electron chi connectivity index (χ4n) is 1.74. The van der Waals surface area contributed by atoms with E-state index >= 15 is 0 Å². The van der Waals surface area contributed by atoms with Crippen LogP contribution < -0.4 is 5.32 Å². The number of hydrogen-bond acceptors (Lipinski definition) is 2. The van der Waals surface area contributed by atoms with Gasteiger partial charge in [0, 0.05) is 15.8 Å². The maximum atomic E-state index is 13.5. The minimum Gasteiger partial charge on any atom is -0.378 e. The van der Waals surface area contributed by atoms with E-state index in [1.807, 2.05) is 17.8 Å². The van der Waals surface area contributed by atoms with Gasteiger partial charge in [0.25, 0.3) is 0 Å². The van der Waals surface area contributed by atoms with Gasteiger partial charge in [-0.3, -0.25) is 0 Å². The van der Waals surface area contributed by atoms with Gasteiger partial charge in [-0.25, -0.2) is 4.39 Å². The third-order valence-corrected chi connectivity index (χ3v) is 4.66. The Kier molecular flexibility index (Phi) is 3.57. The molecule has 1 heterocycles. The Morgan fingerprint density at radius 2 is 2.33 bits per heavy atom. The number of rotatable bonds is 2. The lowest BCUT2D eigenvalue weighted by Crippen LogP contribution is -2.25. The van der Waals surface area contributed by atoms with Crippen LogP contribution in [0.5, 0.6) is 0 Å². The molecule has 1 aromatic rings. The molecule has 0 aliphatic carbocycles. The first kappa shape index (κ1) is 11.3. The van der Waals surface area contributed by atoms with Crippen molar-refractivity contribution in [2.75, 3.05) is 11.1 Å². The molecule has 1 aliphatic rings. The number of nitrogens with one attached hydrogen (secondary N) is 1. The summed E-state index contributed by atoms with van der Waals surface area (Å²) < 4.78 is 14.3.